The predicted octanol–water partition coefficient (Wildman–Crippen LogP) is 4.94. The molecule has 186 valence electrons. The fourth-order valence-electron chi connectivity index (χ4n) is 4.23. The van der Waals surface area contributed by atoms with E-state index in [1.807, 2.05) is 29.2 Å². The molecule has 0 saturated carbocycles. The number of halogens is 4. The molecule has 0 bridgehead atoms. The van der Waals surface area contributed by atoms with Crippen molar-refractivity contribution in [3.8, 4) is 17.0 Å². The van der Waals surface area contributed by atoms with Crippen molar-refractivity contribution in [2.75, 3.05) is 0 Å². The summed E-state index contributed by atoms with van der Waals surface area (Å²) in [6.45, 7) is -0.258. The first-order chi connectivity index (χ1) is 17.3. The standard InChI is InChI=1S/C25H21ClF3N5O2/c26-20-9-16(5-6-19(20)21-7-8-31-32-21)14-36-22-10-30-23(34(24(22)35)15-25(27,28)29)13-33-11-17-3-1-2-4-18(17)12-33/h1-10H,11-15H2,(H,31,32). The van der Waals surface area contributed by atoms with Gasteiger partial charge in [-0.25, -0.2) is 4.98 Å². The van der Waals surface area contributed by atoms with E-state index in [1.165, 1.54) is 6.20 Å². The highest BCUT2D eigenvalue weighted by Gasteiger charge is 2.31. The molecule has 7 nitrogen and oxygen atoms in total. The Morgan fingerprint density at radius 2 is 1.83 bits per heavy atom. The number of alkyl halides is 3. The van der Waals surface area contributed by atoms with E-state index in [2.05, 4.69) is 15.2 Å². The van der Waals surface area contributed by atoms with Gasteiger partial charge in [0.2, 0.25) is 5.75 Å². The van der Waals surface area contributed by atoms with Gasteiger partial charge in [-0.1, -0.05) is 48.0 Å². The van der Waals surface area contributed by atoms with Crippen LogP contribution in [0.5, 0.6) is 5.75 Å². The maximum Gasteiger partial charge on any atom is 0.406 e. The van der Waals surface area contributed by atoms with Gasteiger partial charge in [-0.15, -0.1) is 0 Å². The van der Waals surface area contributed by atoms with Gasteiger partial charge in [-0.3, -0.25) is 19.4 Å². The summed E-state index contributed by atoms with van der Waals surface area (Å²) < 4.78 is 46.3. The number of benzene rings is 2. The van der Waals surface area contributed by atoms with Gasteiger partial charge in [0, 0.05) is 24.8 Å². The summed E-state index contributed by atoms with van der Waals surface area (Å²) in [5.41, 5.74) is 3.46. The van der Waals surface area contributed by atoms with Crippen molar-refractivity contribution in [1.82, 2.24) is 24.6 Å². The molecule has 1 aliphatic rings. The van der Waals surface area contributed by atoms with E-state index in [1.54, 1.807) is 30.5 Å². The summed E-state index contributed by atoms with van der Waals surface area (Å²) in [5, 5.41) is 7.16. The Bertz CT molecular complexity index is 1410. The van der Waals surface area contributed by atoms with Crippen molar-refractivity contribution < 1.29 is 17.9 Å². The molecule has 3 heterocycles. The van der Waals surface area contributed by atoms with E-state index >= 15 is 0 Å². The maximum atomic E-state index is 13.3. The van der Waals surface area contributed by atoms with Gasteiger partial charge in [0.15, 0.2) is 0 Å². The fourth-order valence-corrected chi connectivity index (χ4v) is 4.53. The zero-order valence-electron chi connectivity index (χ0n) is 18.9. The molecule has 0 unspecified atom stereocenters. The first-order valence-corrected chi connectivity index (χ1v) is 11.5. The number of aromatic nitrogens is 4. The van der Waals surface area contributed by atoms with E-state index in [0.29, 0.717) is 28.2 Å². The van der Waals surface area contributed by atoms with Crippen LogP contribution in [0.2, 0.25) is 5.02 Å². The first kappa shape index (κ1) is 24.1. The molecule has 11 heteroatoms. The third kappa shape index (κ3) is 5.29. The summed E-state index contributed by atoms with van der Waals surface area (Å²) in [7, 11) is 0. The van der Waals surface area contributed by atoms with Crippen LogP contribution in [-0.2, 0) is 32.8 Å². The summed E-state index contributed by atoms with van der Waals surface area (Å²) >= 11 is 6.36. The highest BCUT2D eigenvalue weighted by molar-refractivity contribution is 6.33. The molecule has 5 rings (SSSR count). The highest BCUT2D eigenvalue weighted by atomic mass is 35.5. The van der Waals surface area contributed by atoms with Gasteiger partial charge in [0.1, 0.15) is 19.0 Å². The van der Waals surface area contributed by atoms with E-state index < -0.39 is 18.3 Å². The number of aromatic amines is 1. The minimum Gasteiger partial charge on any atom is -0.482 e. The summed E-state index contributed by atoms with van der Waals surface area (Å²) in [6.07, 6.45) is -1.80. The molecule has 4 aromatic rings. The van der Waals surface area contributed by atoms with E-state index in [9.17, 15) is 18.0 Å². The first-order valence-electron chi connectivity index (χ1n) is 11.1. The largest absolute Gasteiger partial charge is 0.482 e. The molecule has 0 atom stereocenters. The number of nitrogens with zero attached hydrogens (tertiary/aromatic N) is 4. The van der Waals surface area contributed by atoms with Crippen LogP contribution in [0.1, 0.15) is 22.5 Å². The van der Waals surface area contributed by atoms with Crippen LogP contribution in [-0.4, -0.2) is 30.8 Å². The van der Waals surface area contributed by atoms with Gasteiger partial charge in [-0.05, 0) is 28.8 Å². The number of ether oxygens (including phenoxy) is 1. The van der Waals surface area contributed by atoms with Crippen LogP contribution in [0.3, 0.4) is 0 Å². The number of H-pyrrole nitrogens is 1. The molecule has 0 fully saturated rings. The molecule has 36 heavy (non-hydrogen) atoms. The van der Waals surface area contributed by atoms with Crippen molar-refractivity contribution >= 4 is 11.6 Å². The zero-order chi connectivity index (χ0) is 25.3. The molecule has 0 spiro atoms. The predicted molar refractivity (Wildman–Crippen MR) is 127 cm³/mol. The average molecular weight is 516 g/mol. The number of fused-ring (bicyclic) bond motifs is 1. The lowest BCUT2D eigenvalue weighted by atomic mass is 10.1. The van der Waals surface area contributed by atoms with Crippen molar-refractivity contribution in [2.45, 2.75) is 39.0 Å². The smallest absolute Gasteiger partial charge is 0.406 e. The second-order valence-corrected chi connectivity index (χ2v) is 8.94. The van der Waals surface area contributed by atoms with Crippen molar-refractivity contribution in [2.24, 2.45) is 0 Å². The van der Waals surface area contributed by atoms with Crippen LogP contribution in [0.4, 0.5) is 13.2 Å². The number of rotatable bonds is 7. The van der Waals surface area contributed by atoms with Gasteiger partial charge in [-0.2, -0.15) is 18.3 Å². The average Bonchev–Trinajstić information content (AvgIpc) is 3.50. The third-order valence-electron chi connectivity index (χ3n) is 5.93. The Labute approximate surface area is 209 Å². The molecular weight excluding hydrogens is 495 g/mol. The van der Waals surface area contributed by atoms with Crippen LogP contribution in [0, 0.1) is 0 Å². The molecule has 0 saturated heterocycles. The molecule has 1 aliphatic heterocycles. The molecule has 1 N–H and O–H groups in total. The monoisotopic (exact) mass is 515 g/mol. The van der Waals surface area contributed by atoms with Crippen LogP contribution in [0.25, 0.3) is 11.3 Å². The quantitative estimate of drug-likeness (QED) is 0.377. The topological polar surface area (TPSA) is 76.0 Å². The second-order valence-electron chi connectivity index (χ2n) is 8.53. The van der Waals surface area contributed by atoms with E-state index in [-0.39, 0.29) is 24.7 Å². The molecule has 2 aromatic heterocycles. The van der Waals surface area contributed by atoms with Gasteiger partial charge < -0.3 is 4.74 Å². The van der Waals surface area contributed by atoms with Crippen molar-refractivity contribution in [3.63, 3.8) is 0 Å². The van der Waals surface area contributed by atoms with Crippen LogP contribution >= 0.6 is 11.6 Å². The van der Waals surface area contributed by atoms with Gasteiger partial charge in [0.05, 0.1) is 23.5 Å². The third-order valence-corrected chi connectivity index (χ3v) is 6.24. The van der Waals surface area contributed by atoms with E-state index in [4.69, 9.17) is 16.3 Å². The fraction of sp³-hybridized carbons (Fsp3) is 0.240. The molecule has 0 radical (unpaired) electrons. The van der Waals surface area contributed by atoms with Crippen LogP contribution < -0.4 is 10.3 Å². The zero-order valence-corrected chi connectivity index (χ0v) is 19.7. The van der Waals surface area contributed by atoms with Crippen molar-refractivity contribution in [1.29, 1.82) is 0 Å². The SMILES string of the molecule is O=c1c(OCc2ccc(-c3ccn[nH]3)c(Cl)c2)cnc(CN2Cc3ccccc3C2)n1CC(F)(F)F. The highest BCUT2D eigenvalue weighted by Crippen LogP contribution is 2.28. The van der Waals surface area contributed by atoms with Gasteiger partial charge in [0.25, 0.3) is 5.56 Å². The number of nitrogens with one attached hydrogen (secondary N) is 1. The number of hydrogen-bond donors (Lipinski definition) is 1. The Kier molecular flexibility index (Phi) is 6.55. The Hall–Kier alpha value is -3.63. The minimum atomic E-state index is -4.59. The lowest BCUT2D eigenvalue weighted by Crippen LogP contribution is -2.34. The van der Waals surface area contributed by atoms with Crippen molar-refractivity contribution in [3.05, 3.63) is 98.8 Å². The normalized spacial score (nSPS) is 13.7. The second kappa shape index (κ2) is 9.79. The summed E-state index contributed by atoms with van der Waals surface area (Å²) in [4.78, 5) is 19.1. The Morgan fingerprint density at radius 3 is 2.47 bits per heavy atom. The maximum absolute atomic E-state index is 13.3. The Morgan fingerprint density at radius 1 is 1.08 bits per heavy atom. The van der Waals surface area contributed by atoms with E-state index in [0.717, 1.165) is 22.4 Å². The number of hydrogen-bond acceptors (Lipinski definition) is 5. The molecular formula is C25H21ClF3N5O2. The lowest BCUT2D eigenvalue weighted by Gasteiger charge is -2.20. The summed E-state index contributed by atoms with van der Waals surface area (Å²) in [6, 6.07) is 14.8. The minimum absolute atomic E-state index is 0.0319. The molecule has 0 amide bonds. The van der Waals surface area contributed by atoms with Crippen LogP contribution in [0.15, 0.2) is 65.7 Å². The van der Waals surface area contributed by atoms with Gasteiger partial charge >= 0.3 is 6.18 Å². The Balaban J connectivity index is 1.35. The molecule has 2 aromatic carbocycles. The lowest BCUT2D eigenvalue weighted by molar-refractivity contribution is -0.142. The molecule has 0 aliphatic carbocycles. The summed E-state index contributed by atoms with van der Waals surface area (Å²) in [5.74, 6) is -0.231.